The third-order valence-electron chi connectivity index (χ3n) is 2.96. The van der Waals surface area contributed by atoms with Crippen LogP contribution in [0.2, 0.25) is 5.02 Å². The highest BCUT2D eigenvalue weighted by Gasteiger charge is 2.27. The summed E-state index contributed by atoms with van der Waals surface area (Å²) in [5, 5.41) is 0.559. The number of aromatic amines is 1. The van der Waals surface area contributed by atoms with Crippen molar-refractivity contribution < 1.29 is 8.42 Å². The summed E-state index contributed by atoms with van der Waals surface area (Å²) < 4.78 is 26.7. The van der Waals surface area contributed by atoms with E-state index in [1.807, 2.05) is 6.07 Å². The summed E-state index contributed by atoms with van der Waals surface area (Å²) in [7, 11) is -3.69. The van der Waals surface area contributed by atoms with Crippen LogP contribution in [0.3, 0.4) is 0 Å². The van der Waals surface area contributed by atoms with Gasteiger partial charge in [0.15, 0.2) is 4.21 Å². The monoisotopic (exact) mass is 346 g/mol. The minimum Gasteiger partial charge on any atom is -0.315 e. The van der Waals surface area contributed by atoms with Gasteiger partial charge in [-0.3, -0.25) is 4.79 Å². The van der Waals surface area contributed by atoms with E-state index in [9.17, 15) is 13.2 Å². The number of aromatic nitrogens is 1. The second kappa shape index (κ2) is 6.31. The molecule has 0 bridgehead atoms. The first-order valence-corrected chi connectivity index (χ1v) is 8.92. The highest BCUT2D eigenvalue weighted by molar-refractivity contribution is 7.91. The fourth-order valence-corrected chi connectivity index (χ4v) is 5.04. The van der Waals surface area contributed by atoms with E-state index in [0.717, 1.165) is 5.56 Å². The van der Waals surface area contributed by atoms with Gasteiger partial charge in [0.1, 0.15) is 0 Å². The first-order chi connectivity index (χ1) is 9.84. The van der Waals surface area contributed by atoms with E-state index >= 15 is 0 Å². The SMILES string of the molecule is CCN(Cc1cccc(Cl)c1)S(=O)(=O)c1sc(=O)[nH]c1C. The third-order valence-corrected chi connectivity index (χ3v) is 6.69. The molecule has 0 radical (unpaired) electrons. The second-order valence-corrected chi connectivity index (χ2v) is 8.04. The molecule has 0 atom stereocenters. The number of hydrogen-bond acceptors (Lipinski definition) is 4. The summed E-state index contributed by atoms with van der Waals surface area (Å²) in [6, 6.07) is 7.05. The van der Waals surface area contributed by atoms with E-state index in [4.69, 9.17) is 11.6 Å². The number of aryl methyl sites for hydroxylation is 1. The molecule has 114 valence electrons. The van der Waals surface area contributed by atoms with Crippen LogP contribution in [0.5, 0.6) is 0 Å². The summed E-state index contributed by atoms with van der Waals surface area (Å²) in [5.41, 5.74) is 1.17. The minimum atomic E-state index is -3.69. The maximum atomic E-state index is 12.6. The average molecular weight is 347 g/mol. The van der Waals surface area contributed by atoms with E-state index in [1.165, 1.54) is 4.31 Å². The van der Waals surface area contributed by atoms with Crippen LogP contribution in [-0.2, 0) is 16.6 Å². The first kappa shape index (κ1) is 16.2. The van der Waals surface area contributed by atoms with E-state index in [1.54, 1.807) is 32.0 Å². The third kappa shape index (κ3) is 3.55. The fourth-order valence-electron chi connectivity index (χ4n) is 1.96. The van der Waals surface area contributed by atoms with Gasteiger partial charge in [0, 0.05) is 23.8 Å². The van der Waals surface area contributed by atoms with Crippen molar-refractivity contribution in [3.05, 3.63) is 50.2 Å². The lowest BCUT2D eigenvalue weighted by atomic mass is 10.2. The van der Waals surface area contributed by atoms with Crippen molar-refractivity contribution in [3.8, 4) is 0 Å². The van der Waals surface area contributed by atoms with Gasteiger partial charge in [-0.15, -0.1) is 0 Å². The van der Waals surface area contributed by atoms with Crippen LogP contribution in [0, 0.1) is 6.92 Å². The Morgan fingerprint density at radius 2 is 2.10 bits per heavy atom. The van der Waals surface area contributed by atoms with Gasteiger partial charge >= 0.3 is 4.87 Å². The van der Waals surface area contributed by atoms with Gasteiger partial charge in [0.05, 0.1) is 0 Å². The molecular formula is C13H15ClN2O3S2. The number of thiazole rings is 1. The Morgan fingerprint density at radius 1 is 1.38 bits per heavy atom. The Kier molecular flexibility index (Phi) is 4.88. The lowest BCUT2D eigenvalue weighted by Gasteiger charge is -2.20. The van der Waals surface area contributed by atoms with Gasteiger partial charge in [-0.05, 0) is 24.6 Å². The Morgan fingerprint density at radius 3 is 2.62 bits per heavy atom. The molecule has 1 aromatic carbocycles. The van der Waals surface area contributed by atoms with Crippen LogP contribution in [0.25, 0.3) is 0 Å². The van der Waals surface area contributed by atoms with Crippen molar-refractivity contribution in [1.82, 2.24) is 9.29 Å². The molecule has 21 heavy (non-hydrogen) atoms. The summed E-state index contributed by atoms with van der Waals surface area (Å²) in [4.78, 5) is 13.5. The summed E-state index contributed by atoms with van der Waals surface area (Å²) in [6.45, 7) is 3.86. The van der Waals surface area contributed by atoms with Gasteiger partial charge < -0.3 is 4.98 Å². The quantitative estimate of drug-likeness (QED) is 0.904. The van der Waals surface area contributed by atoms with Crippen LogP contribution in [-0.4, -0.2) is 24.3 Å². The zero-order valence-electron chi connectivity index (χ0n) is 11.6. The van der Waals surface area contributed by atoms with Crippen molar-refractivity contribution in [2.24, 2.45) is 0 Å². The number of rotatable bonds is 5. The molecule has 1 aromatic heterocycles. The Balaban J connectivity index is 2.36. The second-order valence-electron chi connectivity index (χ2n) is 4.49. The molecule has 0 amide bonds. The van der Waals surface area contributed by atoms with Gasteiger partial charge in [0.25, 0.3) is 10.0 Å². The molecule has 2 aromatic rings. The van der Waals surface area contributed by atoms with Crippen LogP contribution in [0.1, 0.15) is 18.2 Å². The molecule has 0 fully saturated rings. The number of sulfonamides is 1. The standard InChI is InChI=1S/C13H15ClN2O3S2/c1-3-16(8-10-5-4-6-11(14)7-10)21(18,19)12-9(2)15-13(17)20-12/h4-7H,3,8H2,1-2H3,(H,15,17). The molecule has 0 spiro atoms. The maximum absolute atomic E-state index is 12.6. The molecule has 0 unspecified atom stereocenters. The minimum absolute atomic E-state index is 0.0661. The number of halogens is 1. The highest BCUT2D eigenvalue weighted by atomic mass is 35.5. The van der Waals surface area contributed by atoms with Crippen LogP contribution >= 0.6 is 22.9 Å². The molecule has 0 aliphatic carbocycles. The number of nitrogens with zero attached hydrogens (tertiary/aromatic N) is 1. The Bertz CT molecular complexity index is 796. The van der Waals surface area contributed by atoms with Gasteiger partial charge in [-0.2, -0.15) is 4.31 Å². The average Bonchev–Trinajstić information content (AvgIpc) is 2.75. The largest absolute Gasteiger partial charge is 0.315 e. The smallest absolute Gasteiger partial charge is 0.305 e. The summed E-state index contributed by atoms with van der Waals surface area (Å²) >= 11 is 6.63. The molecule has 0 aliphatic rings. The lowest BCUT2D eigenvalue weighted by Crippen LogP contribution is -2.30. The van der Waals surface area contributed by atoms with Crippen molar-refractivity contribution >= 4 is 33.0 Å². The number of hydrogen-bond donors (Lipinski definition) is 1. The number of benzene rings is 1. The molecule has 0 aliphatic heterocycles. The van der Waals surface area contributed by atoms with Crippen LogP contribution in [0.15, 0.2) is 33.3 Å². The zero-order chi connectivity index (χ0) is 15.6. The van der Waals surface area contributed by atoms with Gasteiger partial charge in [0.2, 0.25) is 0 Å². The molecule has 0 saturated carbocycles. The van der Waals surface area contributed by atoms with Crippen molar-refractivity contribution in [2.45, 2.75) is 24.6 Å². The van der Waals surface area contributed by atoms with Crippen LogP contribution < -0.4 is 4.87 Å². The first-order valence-electron chi connectivity index (χ1n) is 6.29. The van der Waals surface area contributed by atoms with Crippen molar-refractivity contribution in [3.63, 3.8) is 0 Å². The molecular weight excluding hydrogens is 332 g/mol. The van der Waals surface area contributed by atoms with Crippen molar-refractivity contribution in [2.75, 3.05) is 6.54 Å². The Hall–Kier alpha value is -1.15. The topological polar surface area (TPSA) is 70.2 Å². The molecule has 1 N–H and O–H groups in total. The number of H-pyrrole nitrogens is 1. The fraction of sp³-hybridized carbons (Fsp3) is 0.308. The van der Waals surface area contributed by atoms with Crippen molar-refractivity contribution in [1.29, 1.82) is 0 Å². The molecule has 5 nitrogen and oxygen atoms in total. The zero-order valence-corrected chi connectivity index (χ0v) is 14.0. The highest BCUT2D eigenvalue weighted by Crippen LogP contribution is 2.23. The van der Waals surface area contributed by atoms with Gasteiger partial charge in [-0.1, -0.05) is 42.0 Å². The Labute approximate surface area is 132 Å². The predicted molar refractivity (Wildman–Crippen MR) is 84.4 cm³/mol. The lowest BCUT2D eigenvalue weighted by molar-refractivity contribution is 0.424. The molecule has 2 rings (SSSR count). The summed E-state index contributed by atoms with van der Waals surface area (Å²) in [5.74, 6) is 0. The summed E-state index contributed by atoms with van der Waals surface area (Å²) in [6.07, 6.45) is 0. The van der Waals surface area contributed by atoms with E-state index in [0.29, 0.717) is 28.6 Å². The normalized spacial score (nSPS) is 12.0. The van der Waals surface area contributed by atoms with Gasteiger partial charge in [-0.25, -0.2) is 8.42 Å². The number of nitrogens with one attached hydrogen (secondary N) is 1. The van der Waals surface area contributed by atoms with E-state index < -0.39 is 10.0 Å². The predicted octanol–water partition coefficient (Wildman–Crippen LogP) is 2.61. The van der Waals surface area contributed by atoms with Crippen LogP contribution in [0.4, 0.5) is 0 Å². The molecule has 0 saturated heterocycles. The molecule has 8 heteroatoms. The molecule has 1 heterocycles. The van der Waals surface area contributed by atoms with E-state index in [2.05, 4.69) is 4.98 Å². The maximum Gasteiger partial charge on any atom is 0.305 e. The van der Waals surface area contributed by atoms with E-state index in [-0.39, 0.29) is 15.6 Å².